The van der Waals surface area contributed by atoms with E-state index in [2.05, 4.69) is 16.9 Å². The molecule has 1 saturated carbocycles. The maximum Gasteiger partial charge on any atom is 0.123 e. The Bertz CT molecular complexity index is 290. The van der Waals surface area contributed by atoms with E-state index >= 15 is 0 Å². The largest absolute Gasteiger partial charge is 0.384 e. The first-order valence-corrected chi connectivity index (χ1v) is 5.13. The van der Waals surface area contributed by atoms with Crippen LogP contribution in [0.4, 0.5) is 5.82 Å². The van der Waals surface area contributed by atoms with Crippen LogP contribution in [0.3, 0.4) is 0 Å². The lowest BCUT2D eigenvalue weighted by atomic mass is 10.2. The molecule has 0 aliphatic heterocycles. The number of nitrogens with zero attached hydrogens (tertiary/aromatic N) is 2. The fraction of sp³-hybridized carbons (Fsp3) is 0.545. The maximum absolute atomic E-state index is 5.52. The highest BCUT2D eigenvalue weighted by molar-refractivity contribution is 5.29. The molecule has 0 aromatic carbocycles. The standard InChI is InChI=1S/C11H17N3/c1-14(7-9-2-3-9)8-10-4-5-11(12)13-6-10/h4-6,9H,2-3,7-8H2,1H3,(H2,12,13). The van der Waals surface area contributed by atoms with Gasteiger partial charge in [0.1, 0.15) is 5.82 Å². The Kier molecular flexibility index (Phi) is 2.68. The van der Waals surface area contributed by atoms with Crippen molar-refractivity contribution in [2.45, 2.75) is 19.4 Å². The molecule has 0 unspecified atom stereocenters. The van der Waals surface area contributed by atoms with Gasteiger partial charge in [0.15, 0.2) is 0 Å². The average molecular weight is 191 g/mol. The SMILES string of the molecule is CN(Cc1ccc(N)nc1)CC1CC1. The summed E-state index contributed by atoms with van der Waals surface area (Å²) in [6.45, 7) is 2.19. The predicted molar refractivity (Wildman–Crippen MR) is 57.7 cm³/mol. The molecule has 1 aliphatic rings. The molecule has 1 aliphatic carbocycles. The number of anilines is 1. The van der Waals surface area contributed by atoms with Crippen molar-refractivity contribution in [1.29, 1.82) is 0 Å². The lowest BCUT2D eigenvalue weighted by Crippen LogP contribution is -2.20. The molecule has 1 fully saturated rings. The van der Waals surface area contributed by atoms with Crippen molar-refractivity contribution in [3.63, 3.8) is 0 Å². The number of pyridine rings is 1. The highest BCUT2D eigenvalue weighted by Crippen LogP contribution is 2.29. The van der Waals surface area contributed by atoms with E-state index in [0.717, 1.165) is 12.5 Å². The zero-order valence-electron chi connectivity index (χ0n) is 8.61. The third-order valence-electron chi connectivity index (χ3n) is 2.57. The summed E-state index contributed by atoms with van der Waals surface area (Å²) in [7, 11) is 2.16. The Labute approximate surface area is 84.9 Å². The number of aromatic nitrogens is 1. The molecule has 3 heteroatoms. The maximum atomic E-state index is 5.52. The fourth-order valence-electron chi connectivity index (χ4n) is 1.65. The molecule has 1 aromatic heterocycles. The second-order valence-corrected chi connectivity index (χ2v) is 4.23. The lowest BCUT2D eigenvalue weighted by Gasteiger charge is -2.15. The van der Waals surface area contributed by atoms with Crippen molar-refractivity contribution in [2.75, 3.05) is 19.3 Å². The molecule has 76 valence electrons. The van der Waals surface area contributed by atoms with Gasteiger partial charge < -0.3 is 10.6 Å². The smallest absolute Gasteiger partial charge is 0.123 e. The molecule has 3 nitrogen and oxygen atoms in total. The average Bonchev–Trinajstić information content (AvgIpc) is 2.93. The Hall–Kier alpha value is -1.09. The third-order valence-corrected chi connectivity index (χ3v) is 2.57. The van der Waals surface area contributed by atoms with E-state index in [9.17, 15) is 0 Å². The van der Waals surface area contributed by atoms with Crippen LogP contribution in [0.1, 0.15) is 18.4 Å². The number of nitrogens with two attached hydrogens (primary N) is 1. The van der Waals surface area contributed by atoms with E-state index in [0.29, 0.717) is 5.82 Å². The molecule has 1 aromatic rings. The van der Waals surface area contributed by atoms with Gasteiger partial charge in [-0.3, -0.25) is 0 Å². The van der Waals surface area contributed by atoms with E-state index in [1.165, 1.54) is 24.9 Å². The van der Waals surface area contributed by atoms with Crippen LogP contribution in [0.15, 0.2) is 18.3 Å². The van der Waals surface area contributed by atoms with Gasteiger partial charge >= 0.3 is 0 Å². The van der Waals surface area contributed by atoms with Gasteiger partial charge in [-0.05, 0) is 37.4 Å². The molecule has 0 spiro atoms. The minimum atomic E-state index is 0.596. The molecule has 0 amide bonds. The third kappa shape index (κ3) is 2.70. The molecule has 1 heterocycles. The molecule has 0 atom stereocenters. The van der Waals surface area contributed by atoms with E-state index < -0.39 is 0 Å². The summed E-state index contributed by atoms with van der Waals surface area (Å²) in [5.74, 6) is 1.54. The second kappa shape index (κ2) is 3.96. The Morgan fingerprint density at radius 1 is 1.50 bits per heavy atom. The van der Waals surface area contributed by atoms with Crippen LogP contribution in [-0.4, -0.2) is 23.5 Å². The predicted octanol–water partition coefficient (Wildman–Crippen LogP) is 1.51. The van der Waals surface area contributed by atoms with Crippen molar-refractivity contribution in [1.82, 2.24) is 9.88 Å². The van der Waals surface area contributed by atoms with Gasteiger partial charge in [0.2, 0.25) is 0 Å². The van der Waals surface area contributed by atoms with Crippen molar-refractivity contribution >= 4 is 5.82 Å². The Morgan fingerprint density at radius 3 is 2.86 bits per heavy atom. The molecule has 2 rings (SSSR count). The summed E-state index contributed by atoms with van der Waals surface area (Å²) in [6.07, 6.45) is 4.67. The summed E-state index contributed by atoms with van der Waals surface area (Å²) in [6, 6.07) is 3.91. The summed E-state index contributed by atoms with van der Waals surface area (Å²) in [4.78, 5) is 6.43. The summed E-state index contributed by atoms with van der Waals surface area (Å²) < 4.78 is 0. The normalized spacial score (nSPS) is 16.1. The van der Waals surface area contributed by atoms with Gasteiger partial charge in [0.25, 0.3) is 0 Å². The first-order chi connectivity index (χ1) is 6.74. The van der Waals surface area contributed by atoms with Gasteiger partial charge in [-0.25, -0.2) is 4.98 Å². The van der Waals surface area contributed by atoms with Crippen LogP contribution >= 0.6 is 0 Å². The zero-order chi connectivity index (χ0) is 9.97. The number of rotatable bonds is 4. The molecule has 14 heavy (non-hydrogen) atoms. The molecule has 0 radical (unpaired) electrons. The minimum Gasteiger partial charge on any atom is -0.384 e. The van der Waals surface area contributed by atoms with Gasteiger partial charge in [-0.15, -0.1) is 0 Å². The van der Waals surface area contributed by atoms with E-state index in [4.69, 9.17) is 5.73 Å². The highest BCUT2D eigenvalue weighted by Gasteiger charge is 2.22. The van der Waals surface area contributed by atoms with Crippen molar-refractivity contribution in [3.8, 4) is 0 Å². The fourth-order valence-corrected chi connectivity index (χ4v) is 1.65. The quantitative estimate of drug-likeness (QED) is 0.784. The number of hydrogen-bond acceptors (Lipinski definition) is 3. The minimum absolute atomic E-state index is 0.596. The molecular formula is C11H17N3. The monoisotopic (exact) mass is 191 g/mol. The summed E-state index contributed by atoms with van der Waals surface area (Å²) in [5.41, 5.74) is 6.76. The van der Waals surface area contributed by atoms with Crippen molar-refractivity contribution in [2.24, 2.45) is 5.92 Å². The van der Waals surface area contributed by atoms with Crippen molar-refractivity contribution in [3.05, 3.63) is 23.9 Å². The zero-order valence-corrected chi connectivity index (χ0v) is 8.61. The molecule has 0 saturated heterocycles. The van der Waals surface area contributed by atoms with Crippen molar-refractivity contribution < 1.29 is 0 Å². The van der Waals surface area contributed by atoms with Gasteiger partial charge in [0.05, 0.1) is 0 Å². The second-order valence-electron chi connectivity index (χ2n) is 4.23. The van der Waals surface area contributed by atoms with Gasteiger partial charge in [0, 0.05) is 19.3 Å². The van der Waals surface area contributed by atoms with E-state index in [-0.39, 0.29) is 0 Å². The first-order valence-electron chi connectivity index (χ1n) is 5.13. The Morgan fingerprint density at radius 2 is 2.29 bits per heavy atom. The van der Waals surface area contributed by atoms with Crippen LogP contribution < -0.4 is 5.73 Å². The Balaban J connectivity index is 1.85. The van der Waals surface area contributed by atoms with Crippen LogP contribution in [0, 0.1) is 5.92 Å². The topological polar surface area (TPSA) is 42.1 Å². The number of nitrogen functional groups attached to an aromatic ring is 1. The molecular weight excluding hydrogens is 174 g/mol. The molecule has 2 N–H and O–H groups in total. The van der Waals surface area contributed by atoms with Crippen LogP contribution in [0.5, 0.6) is 0 Å². The van der Waals surface area contributed by atoms with Gasteiger partial charge in [-0.1, -0.05) is 6.07 Å². The van der Waals surface area contributed by atoms with Crippen LogP contribution in [-0.2, 0) is 6.54 Å². The number of hydrogen-bond donors (Lipinski definition) is 1. The van der Waals surface area contributed by atoms with Crippen LogP contribution in [0.25, 0.3) is 0 Å². The lowest BCUT2D eigenvalue weighted by molar-refractivity contribution is 0.313. The van der Waals surface area contributed by atoms with E-state index in [1.807, 2.05) is 18.3 Å². The van der Waals surface area contributed by atoms with Gasteiger partial charge in [-0.2, -0.15) is 0 Å². The molecule has 0 bridgehead atoms. The summed E-state index contributed by atoms with van der Waals surface area (Å²) in [5, 5.41) is 0. The summed E-state index contributed by atoms with van der Waals surface area (Å²) >= 11 is 0. The van der Waals surface area contributed by atoms with Crippen LogP contribution in [0.2, 0.25) is 0 Å². The highest BCUT2D eigenvalue weighted by atomic mass is 15.1. The first kappa shape index (κ1) is 9.46. The van der Waals surface area contributed by atoms with E-state index in [1.54, 1.807) is 0 Å².